The van der Waals surface area contributed by atoms with Crippen molar-refractivity contribution in [1.29, 1.82) is 0 Å². The van der Waals surface area contributed by atoms with Crippen LogP contribution in [0.4, 0.5) is 0 Å². The van der Waals surface area contributed by atoms with E-state index < -0.39 is 0 Å². The van der Waals surface area contributed by atoms with Gasteiger partial charge in [0.1, 0.15) is 0 Å². The van der Waals surface area contributed by atoms with Gasteiger partial charge in [0, 0.05) is 0 Å². The first-order chi connectivity index (χ1) is 3.85. The Morgan fingerprint density at radius 3 is 2.50 bits per heavy atom. The monoisotopic (exact) mass is 109 g/mol. The van der Waals surface area contributed by atoms with Gasteiger partial charge in [-0.1, -0.05) is 19.8 Å². The molecule has 0 bridgehead atoms. The molecule has 0 saturated carbocycles. The lowest BCUT2D eigenvalue weighted by atomic mass is 10.1. The normalized spacial score (nSPS) is 11.5. The van der Waals surface area contributed by atoms with E-state index in [0.29, 0.717) is 0 Å². The maximum atomic E-state index is 3.65. The molecule has 0 aliphatic carbocycles. The summed E-state index contributed by atoms with van der Waals surface area (Å²) >= 11 is 0. The summed E-state index contributed by atoms with van der Waals surface area (Å²) in [5.41, 5.74) is 1.23. The molecular formula is C8H13-. The molecule has 0 radical (unpaired) electrons. The van der Waals surface area contributed by atoms with Crippen LogP contribution >= 0.6 is 0 Å². The first kappa shape index (κ1) is 7.48. The number of allylic oxidation sites excluding steroid dienone is 3. The summed E-state index contributed by atoms with van der Waals surface area (Å²) in [7, 11) is 0. The lowest BCUT2D eigenvalue weighted by Gasteiger charge is -2.04. The van der Waals surface area contributed by atoms with Crippen molar-refractivity contribution in [3.8, 4) is 0 Å². The smallest absolute Gasteiger partial charge is 0.0550 e. The summed E-state index contributed by atoms with van der Waals surface area (Å²) in [6.07, 6.45) is 7.21. The second-order valence-corrected chi connectivity index (χ2v) is 1.73. The van der Waals surface area contributed by atoms with Crippen LogP contribution in [0.5, 0.6) is 0 Å². The second kappa shape index (κ2) is 4.63. The largest absolute Gasteiger partial charge is 0.275 e. The molecule has 0 amide bonds. The zero-order chi connectivity index (χ0) is 6.41. The SMILES string of the molecule is C=CC(=[C-]C)CCC. The van der Waals surface area contributed by atoms with E-state index in [0.717, 1.165) is 6.42 Å². The predicted molar refractivity (Wildman–Crippen MR) is 37.5 cm³/mol. The van der Waals surface area contributed by atoms with Crippen LogP contribution in [0.1, 0.15) is 26.7 Å². The molecule has 8 heavy (non-hydrogen) atoms. The van der Waals surface area contributed by atoms with E-state index in [4.69, 9.17) is 0 Å². The maximum absolute atomic E-state index is 3.65. The van der Waals surface area contributed by atoms with Gasteiger partial charge < -0.3 is 0 Å². The first-order valence-corrected chi connectivity index (χ1v) is 3.01. The van der Waals surface area contributed by atoms with Crippen molar-refractivity contribution in [2.75, 3.05) is 0 Å². The van der Waals surface area contributed by atoms with E-state index in [9.17, 15) is 0 Å². The molecule has 0 saturated heterocycles. The molecule has 0 aromatic heterocycles. The van der Waals surface area contributed by atoms with Gasteiger partial charge in [0.15, 0.2) is 0 Å². The van der Waals surface area contributed by atoms with Crippen LogP contribution in [-0.4, -0.2) is 0 Å². The van der Waals surface area contributed by atoms with Crippen molar-refractivity contribution < 1.29 is 0 Å². The van der Waals surface area contributed by atoms with E-state index in [2.05, 4.69) is 19.6 Å². The van der Waals surface area contributed by atoms with E-state index in [1.54, 1.807) is 0 Å². The van der Waals surface area contributed by atoms with Gasteiger partial charge in [0.05, 0.1) is 0 Å². The zero-order valence-corrected chi connectivity index (χ0v) is 5.70. The fourth-order valence-corrected chi connectivity index (χ4v) is 0.598. The van der Waals surface area contributed by atoms with Gasteiger partial charge in [0.25, 0.3) is 0 Å². The Morgan fingerprint density at radius 2 is 2.38 bits per heavy atom. The van der Waals surface area contributed by atoms with Crippen LogP contribution in [-0.2, 0) is 0 Å². The molecule has 0 aromatic carbocycles. The molecule has 0 atom stereocenters. The van der Waals surface area contributed by atoms with Crippen LogP contribution in [0.15, 0.2) is 18.2 Å². The summed E-state index contributed by atoms with van der Waals surface area (Å²) < 4.78 is 0. The minimum atomic E-state index is 1.11. The molecule has 46 valence electrons. The van der Waals surface area contributed by atoms with Gasteiger partial charge in [0.2, 0.25) is 0 Å². The summed E-state index contributed by atoms with van der Waals surface area (Å²) in [5, 5.41) is 0. The maximum Gasteiger partial charge on any atom is -0.0550 e. The molecule has 0 aliphatic rings. The van der Waals surface area contributed by atoms with Gasteiger partial charge in [-0.25, -0.2) is 11.6 Å². The van der Waals surface area contributed by atoms with Crippen LogP contribution < -0.4 is 0 Å². The summed E-state index contributed by atoms with van der Waals surface area (Å²) in [4.78, 5) is 0. The minimum Gasteiger partial charge on any atom is -0.275 e. The lowest BCUT2D eigenvalue weighted by molar-refractivity contribution is 0.921. The van der Waals surface area contributed by atoms with Crippen molar-refractivity contribution in [2.24, 2.45) is 0 Å². The fourth-order valence-electron chi connectivity index (χ4n) is 0.598. The van der Waals surface area contributed by atoms with Gasteiger partial charge in [-0.3, -0.25) is 6.08 Å². The summed E-state index contributed by atoms with van der Waals surface area (Å²) in [5.74, 6) is 0. The topological polar surface area (TPSA) is 0 Å². The van der Waals surface area contributed by atoms with E-state index >= 15 is 0 Å². The Kier molecular flexibility index (Phi) is 4.33. The Hall–Kier alpha value is -0.520. The summed E-state index contributed by atoms with van der Waals surface area (Å²) in [6.45, 7) is 7.73. The Morgan fingerprint density at radius 1 is 1.75 bits per heavy atom. The molecule has 0 nitrogen and oxygen atoms in total. The van der Waals surface area contributed by atoms with Gasteiger partial charge >= 0.3 is 0 Å². The quantitative estimate of drug-likeness (QED) is 0.386. The average molecular weight is 109 g/mol. The molecular weight excluding hydrogens is 96.1 g/mol. The molecule has 0 aromatic rings. The molecule has 0 N–H and O–H groups in total. The number of hydrogen-bond acceptors (Lipinski definition) is 0. The third-order valence-electron chi connectivity index (χ3n) is 1.09. The lowest BCUT2D eigenvalue weighted by Crippen LogP contribution is -1.73. The average Bonchev–Trinajstić information content (AvgIpc) is 1.83. The van der Waals surface area contributed by atoms with E-state index in [-0.39, 0.29) is 0 Å². The predicted octanol–water partition coefficient (Wildman–Crippen LogP) is 2.72. The number of rotatable bonds is 3. The van der Waals surface area contributed by atoms with Crippen LogP contribution in [0.25, 0.3) is 0 Å². The molecule has 0 fully saturated rings. The van der Waals surface area contributed by atoms with Gasteiger partial charge in [-0.05, 0) is 0 Å². The molecule has 0 rings (SSSR count). The Balaban J connectivity index is 3.54. The molecule has 0 spiro atoms. The fraction of sp³-hybridized carbons (Fsp3) is 0.500. The highest BCUT2D eigenvalue weighted by molar-refractivity contribution is 5.10. The third-order valence-corrected chi connectivity index (χ3v) is 1.09. The minimum absolute atomic E-state index is 1.11. The molecule has 0 heteroatoms. The van der Waals surface area contributed by atoms with Crippen molar-refractivity contribution in [1.82, 2.24) is 0 Å². The first-order valence-electron chi connectivity index (χ1n) is 3.01. The van der Waals surface area contributed by atoms with Crippen molar-refractivity contribution >= 4 is 0 Å². The van der Waals surface area contributed by atoms with Crippen molar-refractivity contribution in [2.45, 2.75) is 26.7 Å². The van der Waals surface area contributed by atoms with Crippen molar-refractivity contribution in [3.05, 3.63) is 24.3 Å². The zero-order valence-electron chi connectivity index (χ0n) is 5.70. The van der Waals surface area contributed by atoms with Crippen molar-refractivity contribution in [3.63, 3.8) is 0 Å². The second-order valence-electron chi connectivity index (χ2n) is 1.73. The van der Waals surface area contributed by atoms with Gasteiger partial charge in [-0.2, -0.15) is 6.58 Å². The highest BCUT2D eigenvalue weighted by Crippen LogP contribution is 2.02. The van der Waals surface area contributed by atoms with Crippen LogP contribution in [0.3, 0.4) is 0 Å². The Labute approximate surface area is 51.9 Å². The molecule has 0 aliphatic heterocycles. The third kappa shape index (κ3) is 2.62. The Bertz CT molecular complexity index is 88.2. The molecule has 0 unspecified atom stereocenters. The number of hydrogen-bond donors (Lipinski definition) is 0. The van der Waals surface area contributed by atoms with E-state index in [1.165, 1.54) is 12.0 Å². The highest BCUT2D eigenvalue weighted by atomic mass is 13.9. The van der Waals surface area contributed by atoms with E-state index in [1.807, 2.05) is 13.0 Å². The van der Waals surface area contributed by atoms with Gasteiger partial charge in [-0.15, -0.1) is 6.92 Å². The van der Waals surface area contributed by atoms with Crippen LogP contribution in [0, 0.1) is 6.08 Å². The standard InChI is InChI=1S/C8H13/c1-4-7-8(5-2)6-3/h5H,2,4,7H2,1,3H3/q-1. The highest BCUT2D eigenvalue weighted by Gasteiger charge is 1.73. The summed E-state index contributed by atoms with van der Waals surface area (Å²) in [6, 6.07) is 0. The van der Waals surface area contributed by atoms with Crippen LogP contribution in [0.2, 0.25) is 0 Å². The molecule has 0 heterocycles.